The van der Waals surface area contributed by atoms with Gasteiger partial charge in [-0.2, -0.15) is 0 Å². The van der Waals surface area contributed by atoms with Crippen LogP contribution in [0.15, 0.2) is 0 Å². The van der Waals surface area contributed by atoms with Crippen molar-refractivity contribution in [2.75, 3.05) is 19.6 Å². The molecule has 1 N–H and O–H groups in total. The summed E-state index contributed by atoms with van der Waals surface area (Å²) in [5, 5.41) is 3.17. The number of piperidine rings is 1. The summed E-state index contributed by atoms with van der Waals surface area (Å²) in [6.07, 6.45) is 11.4. The Kier molecular flexibility index (Phi) is 8.05. The van der Waals surface area contributed by atoms with E-state index in [1.54, 1.807) is 0 Å². The van der Waals surface area contributed by atoms with Crippen molar-refractivity contribution in [3.05, 3.63) is 0 Å². The highest BCUT2D eigenvalue weighted by atomic mass is 16.6. The first-order valence-electron chi connectivity index (χ1n) is 10.6. The van der Waals surface area contributed by atoms with Gasteiger partial charge in [0, 0.05) is 19.1 Å². The van der Waals surface area contributed by atoms with E-state index < -0.39 is 5.60 Å². The van der Waals surface area contributed by atoms with Gasteiger partial charge in [0.2, 0.25) is 0 Å². The SMILES string of the molecule is CCCCC1CCCN(C[C@H]2CCCC[C@H]2NC(=O)OC(C)(C)C)C1. The minimum absolute atomic E-state index is 0.246. The second-order valence-electron chi connectivity index (χ2n) is 9.21. The number of carbonyl (C=O) groups is 1. The fraction of sp³-hybridized carbons (Fsp3) is 0.952. The second kappa shape index (κ2) is 9.80. The molecule has 4 heteroatoms. The Morgan fingerprint density at radius 1 is 1.16 bits per heavy atom. The molecule has 0 aromatic rings. The molecule has 1 amide bonds. The van der Waals surface area contributed by atoms with Gasteiger partial charge in [0.1, 0.15) is 5.60 Å². The molecule has 2 aliphatic rings. The highest BCUT2D eigenvalue weighted by Crippen LogP contribution is 2.28. The minimum Gasteiger partial charge on any atom is -0.444 e. The van der Waals surface area contributed by atoms with Gasteiger partial charge in [-0.05, 0) is 71.3 Å². The second-order valence-corrected chi connectivity index (χ2v) is 9.21. The zero-order valence-electron chi connectivity index (χ0n) is 17.0. The first kappa shape index (κ1) is 20.5. The van der Waals surface area contributed by atoms with Crippen LogP contribution in [-0.2, 0) is 4.74 Å². The van der Waals surface area contributed by atoms with Crippen molar-refractivity contribution in [1.29, 1.82) is 0 Å². The Balaban J connectivity index is 1.84. The zero-order valence-corrected chi connectivity index (χ0v) is 17.0. The highest BCUT2D eigenvalue weighted by Gasteiger charge is 2.31. The van der Waals surface area contributed by atoms with Crippen molar-refractivity contribution in [3.63, 3.8) is 0 Å². The molecular weight excluding hydrogens is 312 g/mol. The van der Waals surface area contributed by atoms with Crippen LogP contribution >= 0.6 is 0 Å². The maximum absolute atomic E-state index is 12.2. The molecule has 146 valence electrons. The third-order valence-electron chi connectivity index (χ3n) is 5.67. The summed E-state index contributed by atoms with van der Waals surface area (Å²) < 4.78 is 5.48. The summed E-state index contributed by atoms with van der Waals surface area (Å²) in [7, 11) is 0. The quantitative estimate of drug-likeness (QED) is 0.733. The molecule has 3 atom stereocenters. The number of hydrogen-bond donors (Lipinski definition) is 1. The molecule has 1 aliphatic carbocycles. The van der Waals surface area contributed by atoms with E-state index in [0.717, 1.165) is 18.9 Å². The van der Waals surface area contributed by atoms with Crippen molar-refractivity contribution >= 4 is 6.09 Å². The zero-order chi connectivity index (χ0) is 18.3. The van der Waals surface area contributed by atoms with Crippen LogP contribution in [0.2, 0.25) is 0 Å². The molecule has 1 saturated carbocycles. The number of ether oxygens (including phenoxy) is 1. The van der Waals surface area contributed by atoms with Crippen molar-refractivity contribution in [3.8, 4) is 0 Å². The Labute approximate surface area is 155 Å². The summed E-state index contributed by atoms with van der Waals surface area (Å²) in [5.41, 5.74) is -0.423. The van der Waals surface area contributed by atoms with Crippen LogP contribution in [0.3, 0.4) is 0 Å². The summed E-state index contributed by atoms with van der Waals surface area (Å²) in [6, 6.07) is 0.277. The largest absolute Gasteiger partial charge is 0.444 e. The fourth-order valence-electron chi connectivity index (χ4n) is 4.45. The van der Waals surface area contributed by atoms with Crippen LogP contribution in [0, 0.1) is 11.8 Å². The molecule has 0 bridgehead atoms. The summed E-state index contributed by atoms with van der Waals surface area (Å²) in [6.45, 7) is 11.7. The molecular formula is C21H40N2O2. The molecule has 1 unspecified atom stereocenters. The van der Waals surface area contributed by atoms with Gasteiger partial charge in [-0.25, -0.2) is 4.79 Å². The van der Waals surface area contributed by atoms with Gasteiger partial charge in [0.25, 0.3) is 0 Å². The normalized spacial score (nSPS) is 28.6. The molecule has 1 heterocycles. The Hall–Kier alpha value is -0.770. The van der Waals surface area contributed by atoms with Crippen molar-refractivity contribution in [2.45, 2.75) is 97.1 Å². The van der Waals surface area contributed by atoms with Crippen LogP contribution in [0.4, 0.5) is 4.79 Å². The number of unbranched alkanes of at least 4 members (excludes halogenated alkanes) is 1. The average molecular weight is 353 g/mol. The van der Waals surface area contributed by atoms with Crippen LogP contribution < -0.4 is 5.32 Å². The standard InChI is InChI=1S/C21H40N2O2/c1-5-6-10-17-11-9-14-23(15-17)16-18-12-7-8-13-19(18)22-20(24)25-21(2,3)4/h17-19H,5-16H2,1-4H3,(H,22,24)/t17?,18-,19-/m1/s1. The number of alkyl carbamates (subject to hydrolysis) is 1. The van der Waals surface area contributed by atoms with Crippen LogP contribution in [0.1, 0.15) is 85.5 Å². The van der Waals surface area contributed by atoms with Crippen molar-refractivity contribution < 1.29 is 9.53 Å². The lowest BCUT2D eigenvalue weighted by molar-refractivity contribution is 0.0443. The first-order chi connectivity index (χ1) is 11.9. The monoisotopic (exact) mass is 352 g/mol. The smallest absolute Gasteiger partial charge is 0.407 e. The maximum atomic E-state index is 12.2. The van der Waals surface area contributed by atoms with E-state index in [-0.39, 0.29) is 12.1 Å². The third kappa shape index (κ3) is 7.55. The molecule has 25 heavy (non-hydrogen) atoms. The van der Waals surface area contributed by atoms with Gasteiger partial charge in [-0.3, -0.25) is 0 Å². The Morgan fingerprint density at radius 2 is 1.92 bits per heavy atom. The Bertz CT molecular complexity index is 405. The summed E-state index contributed by atoms with van der Waals surface area (Å²) >= 11 is 0. The predicted molar refractivity (Wildman–Crippen MR) is 104 cm³/mol. The van der Waals surface area contributed by atoms with E-state index in [1.807, 2.05) is 20.8 Å². The van der Waals surface area contributed by atoms with E-state index in [4.69, 9.17) is 4.74 Å². The van der Waals surface area contributed by atoms with Crippen LogP contribution in [-0.4, -0.2) is 42.3 Å². The molecule has 2 rings (SSSR count). The molecule has 0 radical (unpaired) electrons. The van der Waals surface area contributed by atoms with E-state index in [1.165, 1.54) is 64.5 Å². The van der Waals surface area contributed by atoms with Gasteiger partial charge in [0.05, 0.1) is 0 Å². The lowest BCUT2D eigenvalue weighted by Crippen LogP contribution is -2.49. The number of likely N-dealkylation sites (tertiary alicyclic amines) is 1. The molecule has 2 fully saturated rings. The van der Waals surface area contributed by atoms with Crippen LogP contribution in [0.25, 0.3) is 0 Å². The predicted octanol–water partition coefficient (Wildman–Crippen LogP) is 4.97. The number of amides is 1. The number of rotatable bonds is 6. The van der Waals surface area contributed by atoms with Crippen molar-refractivity contribution in [1.82, 2.24) is 10.2 Å². The number of carbonyl (C=O) groups excluding carboxylic acids is 1. The molecule has 4 nitrogen and oxygen atoms in total. The fourth-order valence-corrected chi connectivity index (χ4v) is 4.45. The van der Waals surface area contributed by atoms with E-state index in [9.17, 15) is 4.79 Å². The maximum Gasteiger partial charge on any atom is 0.407 e. The highest BCUT2D eigenvalue weighted by molar-refractivity contribution is 5.68. The molecule has 0 aromatic heterocycles. The minimum atomic E-state index is -0.423. The Morgan fingerprint density at radius 3 is 2.64 bits per heavy atom. The molecule has 0 spiro atoms. The molecule has 1 aliphatic heterocycles. The average Bonchev–Trinajstić information content (AvgIpc) is 2.53. The third-order valence-corrected chi connectivity index (χ3v) is 5.67. The van der Waals surface area contributed by atoms with Gasteiger partial charge in [-0.15, -0.1) is 0 Å². The van der Waals surface area contributed by atoms with E-state index in [0.29, 0.717) is 5.92 Å². The molecule has 1 saturated heterocycles. The van der Waals surface area contributed by atoms with Gasteiger partial charge >= 0.3 is 6.09 Å². The lowest BCUT2D eigenvalue weighted by atomic mass is 9.83. The first-order valence-corrected chi connectivity index (χ1v) is 10.6. The van der Waals surface area contributed by atoms with Gasteiger partial charge < -0.3 is 15.0 Å². The topological polar surface area (TPSA) is 41.6 Å². The van der Waals surface area contributed by atoms with Gasteiger partial charge in [-0.1, -0.05) is 32.6 Å². The number of nitrogens with zero attached hydrogens (tertiary/aromatic N) is 1. The van der Waals surface area contributed by atoms with Crippen molar-refractivity contribution in [2.24, 2.45) is 11.8 Å². The van der Waals surface area contributed by atoms with Gasteiger partial charge in [0.15, 0.2) is 0 Å². The molecule has 0 aromatic carbocycles. The van der Waals surface area contributed by atoms with Crippen LogP contribution in [0.5, 0.6) is 0 Å². The van der Waals surface area contributed by atoms with E-state index in [2.05, 4.69) is 17.1 Å². The number of nitrogens with one attached hydrogen (secondary N) is 1. The lowest BCUT2D eigenvalue weighted by Gasteiger charge is -2.39. The summed E-state index contributed by atoms with van der Waals surface area (Å²) in [5.74, 6) is 1.46. The number of hydrogen-bond acceptors (Lipinski definition) is 3. The summed E-state index contributed by atoms with van der Waals surface area (Å²) in [4.78, 5) is 14.9. The van der Waals surface area contributed by atoms with E-state index >= 15 is 0 Å².